The minimum atomic E-state index is 0. The van der Waals surface area contributed by atoms with E-state index in [1.54, 1.807) is 6.08 Å². The van der Waals surface area contributed by atoms with Crippen molar-refractivity contribution in [3.63, 3.8) is 0 Å². The van der Waals surface area contributed by atoms with Crippen LogP contribution in [0.3, 0.4) is 0 Å². The average Bonchev–Trinajstić information content (AvgIpc) is 2.38. The Labute approximate surface area is 155 Å². The SMILES string of the molecule is [CH-]=Cc1ccc2c(c1)[C-](C)Oc1cc(C)ccc1-2.[CH3-].[Re].[Re].[Rf].[Rf]. The Kier molecular flexibility index (Phi) is 10.1. The van der Waals surface area contributed by atoms with Crippen molar-refractivity contribution in [3.05, 3.63) is 73.2 Å². The van der Waals surface area contributed by atoms with E-state index in [9.17, 15) is 0 Å². The zero-order valence-electron chi connectivity index (χ0n) is 13.7. The van der Waals surface area contributed by atoms with E-state index < -0.39 is 0 Å². The fourth-order valence-electron chi connectivity index (χ4n) is 2.35. The van der Waals surface area contributed by atoms with Crippen molar-refractivity contribution in [2.75, 3.05) is 0 Å². The maximum Gasteiger partial charge on any atom is 0.106 e. The molecule has 3 rings (SSSR count). The summed E-state index contributed by atoms with van der Waals surface area (Å²) in [5.41, 5.74) is 5.68. The van der Waals surface area contributed by atoms with Crippen molar-refractivity contribution >= 4 is 6.08 Å². The molecule has 2 radical (unpaired) electrons. The van der Waals surface area contributed by atoms with Gasteiger partial charge in [0.2, 0.25) is 0 Å². The van der Waals surface area contributed by atoms with Crippen molar-refractivity contribution in [3.8, 4) is 16.9 Å². The molecular formula is C18H17ORe2Rf2-3. The molecule has 1 aliphatic heterocycles. The molecular weight excluding hydrogens is 1140 g/mol. The van der Waals surface area contributed by atoms with Gasteiger partial charge in [0, 0.05) is 40.8 Å². The number of benzene rings is 2. The van der Waals surface area contributed by atoms with Crippen LogP contribution in [-0.2, 0) is 40.8 Å². The van der Waals surface area contributed by atoms with Gasteiger partial charge in [0.05, 0.1) is 0 Å². The van der Waals surface area contributed by atoms with Gasteiger partial charge in [-0.05, 0) is 30.2 Å². The molecule has 0 bridgehead atoms. The first-order valence-corrected chi connectivity index (χ1v) is 6.01. The van der Waals surface area contributed by atoms with Gasteiger partial charge in [0.15, 0.2) is 0 Å². The molecule has 0 aromatic heterocycles. The number of hydrogen-bond donors (Lipinski definition) is 0. The van der Waals surface area contributed by atoms with Gasteiger partial charge in [0.25, 0.3) is 0 Å². The summed E-state index contributed by atoms with van der Waals surface area (Å²) in [5, 5.41) is 0. The maximum atomic E-state index is 5.90. The normalized spacial score (nSPS) is 9.74. The van der Waals surface area contributed by atoms with Crippen LogP contribution in [0.2, 0.25) is 0 Å². The molecule has 2 aromatic carbocycles. The first-order valence-electron chi connectivity index (χ1n) is 6.01. The van der Waals surface area contributed by atoms with Crippen molar-refractivity contribution in [1.29, 1.82) is 0 Å². The molecule has 1 heterocycles. The number of hydrogen-bond acceptors (Lipinski definition) is 1. The molecule has 0 aliphatic carbocycles. The third kappa shape index (κ3) is 4.09. The molecule has 0 saturated heterocycles. The second-order valence-electron chi connectivity index (χ2n) is 4.63. The second-order valence-corrected chi connectivity index (χ2v) is 4.63. The molecule has 0 unspecified atom stereocenters. The molecule has 5 heteroatoms. The van der Waals surface area contributed by atoms with Gasteiger partial charge in [-0.1, -0.05) is 19.1 Å². The van der Waals surface area contributed by atoms with Crippen LogP contribution in [-0.4, -0.2) is 0 Å². The summed E-state index contributed by atoms with van der Waals surface area (Å²) in [6, 6.07) is 12.5. The van der Waals surface area contributed by atoms with Gasteiger partial charge in [-0.25, -0.2) is 17.7 Å². The standard InChI is InChI=1S/C17H14O.CH3.2Re.2Rf/c1-4-13-6-8-14-15-7-5-11(2)9-17(15)18-12(3)16(14)10-13;;;;;/h1,4-10H,2-3H3;1H3;;;;/q-2;-1;;;;. The van der Waals surface area contributed by atoms with Crippen LogP contribution < -0.4 is 4.74 Å². The van der Waals surface area contributed by atoms with Crippen LogP contribution in [0, 0.1) is 27.0 Å². The summed E-state index contributed by atoms with van der Waals surface area (Å²) >= 11 is 0. The van der Waals surface area contributed by atoms with E-state index >= 15 is 0 Å². The Bertz CT molecular complexity index is 645. The predicted molar refractivity (Wildman–Crippen MR) is 80.4 cm³/mol. The number of fused-ring (bicyclic) bond motifs is 3. The fourth-order valence-corrected chi connectivity index (χ4v) is 2.35. The Morgan fingerprint density at radius 3 is 2.22 bits per heavy atom. The molecule has 0 atom stereocenters. The van der Waals surface area contributed by atoms with Gasteiger partial charge in [-0.2, -0.15) is 11.6 Å². The van der Waals surface area contributed by atoms with Crippen LogP contribution in [0.1, 0.15) is 23.6 Å². The molecule has 116 valence electrons. The zero-order chi connectivity index (χ0) is 12.7. The largest absolute Gasteiger partial charge is 0.521 e. The van der Waals surface area contributed by atoms with E-state index in [1.807, 2.05) is 13.0 Å². The topological polar surface area (TPSA) is 9.23 Å². The third-order valence-electron chi connectivity index (χ3n) is 3.31. The van der Waals surface area contributed by atoms with Crippen molar-refractivity contribution < 1.29 is 45.6 Å². The summed E-state index contributed by atoms with van der Waals surface area (Å²) < 4.78 is 5.90. The van der Waals surface area contributed by atoms with Gasteiger partial charge in [0.1, 0.15) is 5.75 Å². The van der Waals surface area contributed by atoms with E-state index in [0.717, 1.165) is 28.5 Å². The second kappa shape index (κ2) is 9.24. The predicted octanol–water partition coefficient (Wildman–Crippen LogP) is 4.85. The summed E-state index contributed by atoms with van der Waals surface area (Å²) in [6.45, 7) is 9.63. The maximum absolute atomic E-state index is 5.90. The summed E-state index contributed by atoms with van der Waals surface area (Å²) in [6.07, 6.45) is 2.53. The minimum Gasteiger partial charge on any atom is -0.521 e. The molecule has 0 saturated carbocycles. The quantitative estimate of drug-likeness (QED) is 0.372. The van der Waals surface area contributed by atoms with Gasteiger partial charge in [-0.15, -0.1) is 11.6 Å². The fraction of sp³-hybridized carbons (Fsp3) is 0.111. The number of aryl methyl sites for hydroxylation is 1. The van der Waals surface area contributed by atoms with Gasteiger partial charge < -0.3 is 12.2 Å². The van der Waals surface area contributed by atoms with E-state index in [1.165, 1.54) is 11.1 Å². The Morgan fingerprint density at radius 1 is 1.00 bits per heavy atom. The average molecular weight is 1160 g/mol. The van der Waals surface area contributed by atoms with Crippen molar-refractivity contribution in [2.24, 2.45) is 0 Å². The van der Waals surface area contributed by atoms with E-state index in [4.69, 9.17) is 11.3 Å². The third-order valence-corrected chi connectivity index (χ3v) is 3.31. The Balaban J connectivity index is -0.000000800. The van der Waals surface area contributed by atoms with Crippen LogP contribution >= 0.6 is 0 Å². The molecule has 0 N–H and O–H groups in total. The smallest absolute Gasteiger partial charge is 0.106 e. The monoisotopic (exact) mass is 1160 g/mol. The molecule has 2 aromatic rings. The molecule has 0 fully saturated rings. The molecule has 1 aliphatic rings. The van der Waals surface area contributed by atoms with Crippen LogP contribution in [0.25, 0.3) is 17.2 Å². The van der Waals surface area contributed by atoms with E-state index in [-0.39, 0.29) is 48.3 Å². The van der Waals surface area contributed by atoms with Gasteiger partial charge in [-0.3, -0.25) is 6.58 Å². The van der Waals surface area contributed by atoms with E-state index in [2.05, 4.69) is 37.3 Å². The first-order chi connectivity index (χ1) is 8.69. The van der Waals surface area contributed by atoms with Crippen molar-refractivity contribution in [2.45, 2.75) is 13.8 Å². The zero-order valence-corrected chi connectivity index (χ0v) is 31.9. The molecule has 1 nitrogen and oxygen atoms in total. The van der Waals surface area contributed by atoms with Crippen LogP contribution in [0.15, 0.2) is 36.4 Å². The first kappa shape index (κ1) is 25.1. The number of rotatable bonds is 1. The Morgan fingerprint density at radius 2 is 1.61 bits per heavy atom. The molecule has 0 spiro atoms. The summed E-state index contributed by atoms with van der Waals surface area (Å²) in [7, 11) is 0. The van der Waals surface area contributed by atoms with Crippen LogP contribution in [0.5, 0.6) is 5.75 Å². The van der Waals surface area contributed by atoms with Crippen molar-refractivity contribution in [1.82, 2.24) is 0 Å². The van der Waals surface area contributed by atoms with Crippen LogP contribution in [0.4, 0.5) is 0 Å². The summed E-state index contributed by atoms with van der Waals surface area (Å²) in [4.78, 5) is 0. The summed E-state index contributed by atoms with van der Waals surface area (Å²) in [5.74, 6) is 0.935. The Hall–Kier alpha value is -2.83. The minimum absolute atomic E-state index is 0. The number of ether oxygens (including phenoxy) is 1. The van der Waals surface area contributed by atoms with Gasteiger partial charge >= 0.3 is 0 Å². The molecule has 0 amide bonds. The van der Waals surface area contributed by atoms with E-state index in [0.29, 0.717) is 0 Å². The molecule has 23 heavy (non-hydrogen) atoms.